The van der Waals surface area contributed by atoms with Crippen molar-refractivity contribution >= 4 is 46.2 Å². The average Bonchev–Trinajstić information content (AvgIpc) is 2.83. The molecule has 0 spiro atoms. The number of amides is 2. The Labute approximate surface area is 153 Å². The Bertz CT molecular complexity index is 911. The second-order valence-electron chi connectivity index (χ2n) is 5.33. The third-order valence-electron chi connectivity index (χ3n) is 3.54. The number of thiocarbonyl (C=S) groups is 1. The molecule has 3 rings (SSSR count). The summed E-state index contributed by atoms with van der Waals surface area (Å²) < 4.78 is 13.5. The summed E-state index contributed by atoms with van der Waals surface area (Å²) in [6.07, 6.45) is 1.54. The van der Waals surface area contributed by atoms with E-state index in [0.29, 0.717) is 16.0 Å². The van der Waals surface area contributed by atoms with Gasteiger partial charge in [-0.05, 0) is 54.5 Å². The predicted molar refractivity (Wildman–Crippen MR) is 100 cm³/mol. The van der Waals surface area contributed by atoms with Crippen LogP contribution < -0.4 is 5.43 Å². The van der Waals surface area contributed by atoms with Crippen molar-refractivity contribution < 1.29 is 14.0 Å². The van der Waals surface area contributed by atoms with Crippen LogP contribution >= 0.6 is 24.0 Å². The zero-order valence-electron chi connectivity index (χ0n) is 13.2. The van der Waals surface area contributed by atoms with Gasteiger partial charge in [-0.25, -0.2) is 4.39 Å². The van der Waals surface area contributed by atoms with Gasteiger partial charge in [-0.2, -0.15) is 5.01 Å². The maximum atomic E-state index is 13.3. The summed E-state index contributed by atoms with van der Waals surface area (Å²) in [6, 6.07) is 12.9. The van der Waals surface area contributed by atoms with Gasteiger partial charge in [-0.15, -0.1) is 0 Å². The molecule has 1 fully saturated rings. The van der Waals surface area contributed by atoms with E-state index in [2.05, 4.69) is 5.43 Å². The Balaban J connectivity index is 1.80. The largest absolute Gasteiger partial charge is 0.285 e. The van der Waals surface area contributed by atoms with Gasteiger partial charge in [0.1, 0.15) is 5.82 Å². The van der Waals surface area contributed by atoms with Crippen molar-refractivity contribution in [1.82, 2.24) is 10.4 Å². The summed E-state index contributed by atoms with van der Waals surface area (Å²) in [5.74, 6) is -1.25. The zero-order valence-corrected chi connectivity index (χ0v) is 14.8. The van der Waals surface area contributed by atoms with E-state index in [4.69, 9.17) is 12.2 Å². The minimum absolute atomic E-state index is 0.217. The van der Waals surface area contributed by atoms with Gasteiger partial charge < -0.3 is 0 Å². The Morgan fingerprint density at radius 2 is 2.00 bits per heavy atom. The van der Waals surface area contributed by atoms with Gasteiger partial charge in [-0.3, -0.25) is 15.0 Å². The zero-order chi connectivity index (χ0) is 18.0. The lowest BCUT2D eigenvalue weighted by Gasteiger charge is -2.16. The van der Waals surface area contributed by atoms with Gasteiger partial charge in [-0.1, -0.05) is 42.1 Å². The highest BCUT2D eigenvalue weighted by Crippen LogP contribution is 2.31. The van der Waals surface area contributed by atoms with Crippen molar-refractivity contribution in [2.45, 2.75) is 6.92 Å². The quantitative estimate of drug-likeness (QED) is 0.660. The molecule has 1 aliphatic heterocycles. The van der Waals surface area contributed by atoms with Crippen LogP contribution in [0.5, 0.6) is 0 Å². The van der Waals surface area contributed by atoms with E-state index < -0.39 is 17.6 Å². The van der Waals surface area contributed by atoms with E-state index in [-0.39, 0.29) is 4.32 Å². The molecule has 7 heteroatoms. The SMILES string of the molecule is Cc1ccccc1C(=O)NN1C(=O)/C(=C/c2cccc(F)c2)SC1=S. The fourth-order valence-corrected chi connectivity index (χ4v) is 3.48. The number of hydrogen-bond acceptors (Lipinski definition) is 4. The molecule has 0 aromatic heterocycles. The predicted octanol–water partition coefficient (Wildman–Crippen LogP) is 3.68. The number of halogens is 1. The normalized spacial score (nSPS) is 15.8. The van der Waals surface area contributed by atoms with Crippen molar-refractivity contribution in [3.63, 3.8) is 0 Å². The molecular weight excluding hydrogens is 359 g/mol. The van der Waals surface area contributed by atoms with E-state index in [1.165, 1.54) is 12.1 Å². The summed E-state index contributed by atoms with van der Waals surface area (Å²) in [5, 5.41) is 1.04. The van der Waals surface area contributed by atoms with E-state index in [1.807, 2.05) is 19.1 Å². The van der Waals surface area contributed by atoms with Crippen LogP contribution in [0.15, 0.2) is 53.4 Å². The van der Waals surface area contributed by atoms with Crippen LogP contribution in [0.25, 0.3) is 6.08 Å². The topological polar surface area (TPSA) is 49.4 Å². The fraction of sp³-hybridized carbons (Fsp3) is 0.0556. The highest BCUT2D eigenvalue weighted by atomic mass is 32.2. The third-order valence-corrected chi connectivity index (χ3v) is 4.85. The van der Waals surface area contributed by atoms with E-state index in [0.717, 1.165) is 22.3 Å². The number of benzene rings is 2. The minimum atomic E-state index is -0.443. The first-order valence-corrected chi connectivity index (χ1v) is 8.58. The number of rotatable bonds is 3. The minimum Gasteiger partial charge on any atom is -0.267 e. The van der Waals surface area contributed by atoms with Crippen LogP contribution in [-0.4, -0.2) is 21.1 Å². The second-order valence-corrected chi connectivity index (χ2v) is 7.00. The number of thioether (sulfide) groups is 1. The van der Waals surface area contributed by atoms with Crippen molar-refractivity contribution in [2.24, 2.45) is 0 Å². The van der Waals surface area contributed by atoms with Crippen molar-refractivity contribution in [3.8, 4) is 0 Å². The smallest absolute Gasteiger partial charge is 0.267 e. The van der Waals surface area contributed by atoms with Crippen molar-refractivity contribution in [2.75, 3.05) is 0 Å². The number of carbonyl (C=O) groups is 2. The lowest BCUT2D eigenvalue weighted by molar-refractivity contribution is -0.123. The van der Waals surface area contributed by atoms with Gasteiger partial charge in [0.25, 0.3) is 11.8 Å². The maximum absolute atomic E-state index is 13.3. The lowest BCUT2D eigenvalue weighted by Crippen LogP contribution is -2.45. The average molecular weight is 372 g/mol. The van der Waals surface area contributed by atoms with E-state index in [9.17, 15) is 14.0 Å². The molecule has 0 aliphatic carbocycles. The number of carbonyl (C=O) groups excluding carboxylic acids is 2. The van der Waals surface area contributed by atoms with Gasteiger partial charge >= 0.3 is 0 Å². The third kappa shape index (κ3) is 3.78. The van der Waals surface area contributed by atoms with Crippen molar-refractivity contribution in [3.05, 3.63) is 75.9 Å². The number of aryl methyl sites for hydroxylation is 1. The molecule has 0 atom stereocenters. The first-order chi connectivity index (χ1) is 12.0. The molecule has 0 unspecified atom stereocenters. The van der Waals surface area contributed by atoms with Gasteiger partial charge in [0.15, 0.2) is 4.32 Å². The highest BCUT2D eigenvalue weighted by Gasteiger charge is 2.33. The number of hydrazine groups is 1. The number of nitrogens with one attached hydrogen (secondary N) is 1. The van der Waals surface area contributed by atoms with E-state index in [1.54, 1.807) is 30.3 Å². The molecule has 1 aliphatic rings. The monoisotopic (exact) mass is 372 g/mol. The molecular formula is C18H13FN2O2S2. The molecule has 126 valence electrons. The Morgan fingerprint density at radius 3 is 2.72 bits per heavy atom. The molecule has 2 aromatic rings. The molecule has 0 saturated carbocycles. The number of nitrogens with zero attached hydrogens (tertiary/aromatic N) is 1. The van der Waals surface area contributed by atoms with Crippen LogP contribution in [0.3, 0.4) is 0 Å². The Hall–Kier alpha value is -2.51. The molecule has 2 amide bonds. The van der Waals surface area contributed by atoms with Gasteiger partial charge in [0.2, 0.25) is 0 Å². The van der Waals surface area contributed by atoms with E-state index >= 15 is 0 Å². The fourth-order valence-electron chi connectivity index (χ4n) is 2.30. The molecule has 2 aromatic carbocycles. The molecule has 4 nitrogen and oxygen atoms in total. The van der Waals surface area contributed by atoms with Gasteiger partial charge in [0.05, 0.1) is 4.91 Å². The summed E-state index contributed by atoms with van der Waals surface area (Å²) in [5.41, 5.74) is 4.33. The maximum Gasteiger partial charge on any atom is 0.285 e. The first-order valence-electron chi connectivity index (χ1n) is 7.36. The molecule has 1 N–H and O–H groups in total. The summed E-state index contributed by atoms with van der Waals surface area (Å²) in [4.78, 5) is 25.2. The number of hydrogen-bond donors (Lipinski definition) is 1. The molecule has 0 radical (unpaired) electrons. The molecule has 25 heavy (non-hydrogen) atoms. The van der Waals surface area contributed by atoms with Crippen LogP contribution in [-0.2, 0) is 4.79 Å². The standard InChI is InChI=1S/C18H13FN2O2S2/c1-11-5-2-3-8-14(11)16(22)20-21-17(23)15(25-18(21)24)10-12-6-4-7-13(19)9-12/h2-10H,1H3,(H,20,22)/b15-10-. The second kappa shape index (κ2) is 7.16. The van der Waals surface area contributed by atoms with Crippen LogP contribution in [0, 0.1) is 12.7 Å². The van der Waals surface area contributed by atoms with Gasteiger partial charge in [0, 0.05) is 5.56 Å². The lowest BCUT2D eigenvalue weighted by atomic mass is 10.1. The Morgan fingerprint density at radius 1 is 1.24 bits per heavy atom. The van der Waals surface area contributed by atoms with Crippen LogP contribution in [0.2, 0.25) is 0 Å². The highest BCUT2D eigenvalue weighted by molar-refractivity contribution is 8.26. The summed E-state index contributed by atoms with van der Waals surface area (Å²) in [6.45, 7) is 1.81. The van der Waals surface area contributed by atoms with Crippen LogP contribution in [0.1, 0.15) is 21.5 Å². The first kappa shape index (κ1) is 17.3. The Kier molecular flexibility index (Phi) is 4.96. The summed E-state index contributed by atoms with van der Waals surface area (Å²) in [7, 11) is 0. The molecule has 1 saturated heterocycles. The summed E-state index contributed by atoms with van der Waals surface area (Å²) >= 11 is 6.23. The van der Waals surface area contributed by atoms with Crippen molar-refractivity contribution in [1.29, 1.82) is 0 Å². The molecule has 1 heterocycles. The van der Waals surface area contributed by atoms with Crippen LogP contribution in [0.4, 0.5) is 4.39 Å². The molecule has 0 bridgehead atoms.